The predicted octanol–water partition coefficient (Wildman–Crippen LogP) is 0.334. The molecule has 0 bridgehead atoms. The van der Waals surface area contributed by atoms with Gasteiger partial charge in [-0.05, 0) is 20.8 Å². The predicted molar refractivity (Wildman–Crippen MR) is 56.5 cm³/mol. The van der Waals surface area contributed by atoms with E-state index < -0.39 is 6.10 Å². The number of aliphatic hydroxyl groups is 2. The average Bonchev–Trinajstić information content (AvgIpc) is 2.14. The third-order valence-electron chi connectivity index (χ3n) is 1.19. The largest absolute Gasteiger partial charge is 0.460 e. The molecule has 0 spiro atoms. The van der Waals surface area contributed by atoms with E-state index in [0.29, 0.717) is 13.2 Å². The molecule has 0 aliphatic carbocycles. The van der Waals surface area contributed by atoms with Gasteiger partial charge in [-0.2, -0.15) is 0 Å². The highest BCUT2D eigenvalue weighted by Crippen LogP contribution is 1.91. The fourth-order valence-corrected chi connectivity index (χ4v) is 0.601. The second-order valence-corrected chi connectivity index (χ2v) is 3.11. The Morgan fingerprint density at radius 2 is 1.87 bits per heavy atom. The van der Waals surface area contributed by atoms with Crippen molar-refractivity contribution in [2.24, 2.45) is 0 Å². The normalized spacial score (nSPS) is 13.5. The molecule has 5 nitrogen and oxygen atoms in total. The summed E-state index contributed by atoms with van der Waals surface area (Å²) in [5.74, 6) is -0.257. The second kappa shape index (κ2) is 11.4. The summed E-state index contributed by atoms with van der Waals surface area (Å²) in [6, 6.07) is 0. The number of hydrogen-bond acceptors (Lipinski definition) is 5. The highest BCUT2D eigenvalue weighted by molar-refractivity contribution is 5.66. The maximum absolute atomic E-state index is 10.3. The van der Waals surface area contributed by atoms with E-state index in [1.54, 1.807) is 6.92 Å². The van der Waals surface area contributed by atoms with E-state index in [9.17, 15) is 4.79 Å². The first-order chi connectivity index (χ1) is 6.93. The number of aliphatic hydroxyl groups excluding tert-OH is 2. The Labute approximate surface area is 91.0 Å². The molecule has 0 aromatic rings. The van der Waals surface area contributed by atoms with Crippen LogP contribution in [0.1, 0.15) is 27.7 Å². The number of rotatable bonds is 5. The molecule has 15 heavy (non-hydrogen) atoms. The van der Waals surface area contributed by atoms with Gasteiger partial charge in [0.25, 0.3) is 0 Å². The van der Waals surface area contributed by atoms with Gasteiger partial charge in [-0.3, -0.25) is 4.79 Å². The van der Waals surface area contributed by atoms with Crippen LogP contribution in [0.5, 0.6) is 0 Å². The lowest BCUT2D eigenvalue weighted by atomic mass is 10.4. The van der Waals surface area contributed by atoms with Gasteiger partial charge in [0.1, 0.15) is 6.10 Å². The number of carbonyl (C=O) groups is 1. The molecule has 0 saturated carbocycles. The van der Waals surface area contributed by atoms with E-state index in [2.05, 4.69) is 0 Å². The SMILES string of the molecule is CC(O)CO.CCOCC(C)OC(C)=O. The highest BCUT2D eigenvalue weighted by atomic mass is 16.6. The lowest BCUT2D eigenvalue weighted by Crippen LogP contribution is -2.18. The van der Waals surface area contributed by atoms with Crippen molar-refractivity contribution >= 4 is 5.97 Å². The molecule has 0 amide bonds. The number of esters is 1. The molecule has 0 aliphatic rings. The first-order valence-corrected chi connectivity index (χ1v) is 4.97. The Morgan fingerprint density at radius 1 is 1.40 bits per heavy atom. The number of hydrogen-bond donors (Lipinski definition) is 2. The zero-order valence-electron chi connectivity index (χ0n) is 9.90. The minimum Gasteiger partial charge on any atom is -0.460 e. The summed E-state index contributed by atoms with van der Waals surface area (Å²) >= 11 is 0. The third-order valence-corrected chi connectivity index (χ3v) is 1.19. The van der Waals surface area contributed by atoms with Crippen LogP contribution in [-0.2, 0) is 14.3 Å². The Kier molecular flexibility index (Phi) is 12.8. The van der Waals surface area contributed by atoms with Crippen LogP contribution in [0.15, 0.2) is 0 Å². The Morgan fingerprint density at radius 3 is 2.13 bits per heavy atom. The Hall–Kier alpha value is -0.650. The van der Waals surface area contributed by atoms with Crippen LogP contribution in [-0.4, -0.2) is 48.2 Å². The smallest absolute Gasteiger partial charge is 0.302 e. The molecule has 2 atom stereocenters. The van der Waals surface area contributed by atoms with Crippen LogP contribution in [0.2, 0.25) is 0 Å². The van der Waals surface area contributed by atoms with E-state index in [4.69, 9.17) is 19.7 Å². The molecule has 0 aromatic carbocycles. The topological polar surface area (TPSA) is 76.0 Å². The van der Waals surface area contributed by atoms with Crippen molar-refractivity contribution in [2.45, 2.75) is 39.9 Å². The fraction of sp³-hybridized carbons (Fsp3) is 0.900. The molecular weight excluding hydrogens is 200 g/mol. The van der Waals surface area contributed by atoms with Gasteiger partial charge in [0, 0.05) is 13.5 Å². The van der Waals surface area contributed by atoms with Crippen molar-refractivity contribution in [1.82, 2.24) is 0 Å². The molecule has 5 heteroatoms. The van der Waals surface area contributed by atoms with E-state index in [1.807, 2.05) is 6.92 Å². The first-order valence-electron chi connectivity index (χ1n) is 4.97. The van der Waals surface area contributed by atoms with E-state index in [1.165, 1.54) is 13.8 Å². The molecule has 2 unspecified atom stereocenters. The van der Waals surface area contributed by atoms with Crippen molar-refractivity contribution in [1.29, 1.82) is 0 Å². The third kappa shape index (κ3) is 19.7. The maximum atomic E-state index is 10.3. The maximum Gasteiger partial charge on any atom is 0.302 e. The van der Waals surface area contributed by atoms with Crippen LogP contribution in [0.25, 0.3) is 0 Å². The minimum atomic E-state index is -0.560. The molecule has 0 radical (unpaired) electrons. The summed E-state index contributed by atoms with van der Waals surface area (Å²) in [4.78, 5) is 10.3. The molecule has 2 N–H and O–H groups in total. The van der Waals surface area contributed by atoms with Crippen molar-refractivity contribution < 1.29 is 24.5 Å². The van der Waals surface area contributed by atoms with Crippen LogP contribution >= 0.6 is 0 Å². The average molecular weight is 222 g/mol. The first kappa shape index (κ1) is 16.8. The summed E-state index contributed by atoms with van der Waals surface area (Å²) in [6.07, 6.45) is -0.688. The Balaban J connectivity index is 0. The summed E-state index contributed by atoms with van der Waals surface area (Å²) in [7, 11) is 0. The molecule has 0 fully saturated rings. The van der Waals surface area contributed by atoms with Gasteiger partial charge in [-0.25, -0.2) is 0 Å². The van der Waals surface area contributed by atoms with Crippen LogP contribution < -0.4 is 0 Å². The fourth-order valence-electron chi connectivity index (χ4n) is 0.601. The van der Waals surface area contributed by atoms with Crippen molar-refractivity contribution in [3.8, 4) is 0 Å². The lowest BCUT2D eigenvalue weighted by molar-refractivity contribution is -0.148. The van der Waals surface area contributed by atoms with Crippen molar-refractivity contribution in [2.75, 3.05) is 19.8 Å². The zero-order valence-corrected chi connectivity index (χ0v) is 9.90. The van der Waals surface area contributed by atoms with Gasteiger partial charge in [-0.15, -0.1) is 0 Å². The van der Waals surface area contributed by atoms with Crippen LogP contribution in [0.3, 0.4) is 0 Å². The summed E-state index contributed by atoms with van der Waals surface area (Å²) < 4.78 is 9.81. The molecule has 0 aromatic heterocycles. The molecular formula is C10H22O5. The van der Waals surface area contributed by atoms with E-state index in [0.717, 1.165) is 0 Å². The van der Waals surface area contributed by atoms with Gasteiger partial charge >= 0.3 is 5.97 Å². The van der Waals surface area contributed by atoms with Crippen LogP contribution in [0, 0.1) is 0 Å². The standard InChI is InChI=1S/C7H14O3.C3H8O2/c1-4-9-5-6(2)10-7(3)8;1-3(5)2-4/h6H,4-5H2,1-3H3;3-5H,2H2,1H3. The monoisotopic (exact) mass is 222 g/mol. The van der Waals surface area contributed by atoms with Crippen molar-refractivity contribution in [3.63, 3.8) is 0 Å². The molecule has 92 valence electrons. The molecule has 0 saturated heterocycles. The summed E-state index contributed by atoms with van der Waals surface area (Å²) in [6.45, 7) is 7.63. The number of ether oxygens (including phenoxy) is 2. The highest BCUT2D eigenvalue weighted by Gasteiger charge is 2.03. The molecule has 0 heterocycles. The Bertz CT molecular complexity index is 147. The lowest BCUT2D eigenvalue weighted by Gasteiger charge is -2.10. The summed E-state index contributed by atoms with van der Waals surface area (Å²) in [5.41, 5.74) is 0. The van der Waals surface area contributed by atoms with Gasteiger partial charge < -0.3 is 19.7 Å². The van der Waals surface area contributed by atoms with Gasteiger partial charge in [0.15, 0.2) is 0 Å². The second-order valence-electron chi connectivity index (χ2n) is 3.11. The van der Waals surface area contributed by atoms with E-state index in [-0.39, 0.29) is 18.7 Å². The number of carbonyl (C=O) groups excluding carboxylic acids is 1. The van der Waals surface area contributed by atoms with Gasteiger partial charge in [0.05, 0.1) is 19.3 Å². The van der Waals surface area contributed by atoms with Crippen LogP contribution in [0.4, 0.5) is 0 Å². The molecule has 0 rings (SSSR count). The quantitative estimate of drug-likeness (QED) is 0.656. The summed E-state index contributed by atoms with van der Waals surface area (Å²) in [5, 5.41) is 16.0. The van der Waals surface area contributed by atoms with E-state index >= 15 is 0 Å². The van der Waals surface area contributed by atoms with Gasteiger partial charge in [0.2, 0.25) is 0 Å². The minimum absolute atomic E-state index is 0.127. The van der Waals surface area contributed by atoms with Crippen molar-refractivity contribution in [3.05, 3.63) is 0 Å². The molecule has 0 aliphatic heterocycles. The zero-order chi connectivity index (χ0) is 12.3. The van der Waals surface area contributed by atoms with Gasteiger partial charge in [-0.1, -0.05) is 0 Å².